The van der Waals surface area contributed by atoms with E-state index in [9.17, 15) is 0 Å². The van der Waals surface area contributed by atoms with Crippen LogP contribution in [-0.4, -0.2) is 6.61 Å². The lowest BCUT2D eigenvalue weighted by atomic mass is 9.68. The summed E-state index contributed by atoms with van der Waals surface area (Å²) in [6.45, 7) is 7.49. The van der Waals surface area contributed by atoms with Gasteiger partial charge in [0, 0.05) is 0 Å². The fourth-order valence-corrected chi connectivity index (χ4v) is 5.62. The molecule has 3 rings (SSSR count). The van der Waals surface area contributed by atoms with Crippen LogP contribution in [0.15, 0.2) is 49.1 Å². The maximum Gasteiger partial charge on any atom is 0.0717 e. The summed E-state index contributed by atoms with van der Waals surface area (Å²) in [5, 5.41) is 0. The molecule has 160 valence electrons. The van der Waals surface area contributed by atoms with Crippen molar-refractivity contribution in [3.63, 3.8) is 0 Å². The Morgan fingerprint density at radius 2 is 1.55 bits per heavy atom. The van der Waals surface area contributed by atoms with Crippen molar-refractivity contribution in [1.82, 2.24) is 0 Å². The molecule has 1 nitrogen and oxygen atoms in total. The zero-order valence-corrected chi connectivity index (χ0v) is 18.7. The molecule has 1 heteroatoms. The first-order valence-electron chi connectivity index (χ1n) is 12.2. The zero-order valence-electron chi connectivity index (χ0n) is 18.7. The minimum atomic E-state index is 0.736. The van der Waals surface area contributed by atoms with Crippen molar-refractivity contribution >= 4 is 0 Å². The molecular weight excluding hydrogens is 352 g/mol. The summed E-state index contributed by atoms with van der Waals surface area (Å²) in [5.41, 5.74) is 2.85. The molecule has 2 saturated carbocycles. The highest BCUT2D eigenvalue weighted by atomic mass is 16.5. The van der Waals surface area contributed by atoms with E-state index in [1.165, 1.54) is 69.8 Å². The van der Waals surface area contributed by atoms with E-state index in [4.69, 9.17) is 4.74 Å². The van der Waals surface area contributed by atoms with Crippen molar-refractivity contribution in [2.45, 2.75) is 90.1 Å². The molecular formula is C28H42O. The highest BCUT2D eigenvalue weighted by Gasteiger charge is 2.31. The van der Waals surface area contributed by atoms with Gasteiger partial charge in [0.15, 0.2) is 0 Å². The molecule has 0 aromatic heterocycles. The Hall–Kier alpha value is -1.34. The molecule has 0 bridgehead atoms. The largest absolute Gasteiger partial charge is 0.376 e. The first-order valence-corrected chi connectivity index (χ1v) is 12.2. The van der Waals surface area contributed by atoms with Gasteiger partial charge in [0.2, 0.25) is 0 Å². The fraction of sp³-hybridized carbons (Fsp3) is 0.643. The van der Waals surface area contributed by atoms with E-state index in [-0.39, 0.29) is 0 Å². The van der Waals surface area contributed by atoms with Crippen LogP contribution in [0.1, 0.15) is 94.6 Å². The second kappa shape index (κ2) is 12.4. The van der Waals surface area contributed by atoms with Crippen LogP contribution in [0, 0.1) is 17.8 Å². The predicted octanol–water partition coefficient (Wildman–Crippen LogP) is 8.22. The van der Waals surface area contributed by atoms with Crippen LogP contribution in [0.5, 0.6) is 0 Å². The van der Waals surface area contributed by atoms with E-state index in [0.717, 1.165) is 43.3 Å². The van der Waals surface area contributed by atoms with Crippen LogP contribution in [0.2, 0.25) is 0 Å². The number of ether oxygens (including phenoxy) is 1. The van der Waals surface area contributed by atoms with Crippen molar-refractivity contribution in [1.29, 1.82) is 0 Å². The van der Waals surface area contributed by atoms with Gasteiger partial charge in [0.1, 0.15) is 0 Å². The molecule has 1 aromatic carbocycles. The Morgan fingerprint density at radius 1 is 0.897 bits per heavy atom. The SMILES string of the molecule is C=CCC[C@H]1CC[C@H](C2CCC(c3ccc(COCCC=CC)cc3)CC2)CC1. The summed E-state index contributed by atoms with van der Waals surface area (Å²) < 4.78 is 5.76. The molecule has 0 saturated heterocycles. The monoisotopic (exact) mass is 394 g/mol. The second-order valence-corrected chi connectivity index (χ2v) is 9.41. The van der Waals surface area contributed by atoms with Crippen molar-refractivity contribution in [2.24, 2.45) is 17.8 Å². The van der Waals surface area contributed by atoms with Gasteiger partial charge >= 0.3 is 0 Å². The number of benzene rings is 1. The van der Waals surface area contributed by atoms with Crippen LogP contribution < -0.4 is 0 Å². The third-order valence-electron chi connectivity index (χ3n) is 7.49. The van der Waals surface area contributed by atoms with Crippen LogP contribution >= 0.6 is 0 Å². The molecule has 2 fully saturated rings. The molecule has 0 amide bonds. The van der Waals surface area contributed by atoms with Crippen molar-refractivity contribution < 1.29 is 4.74 Å². The van der Waals surface area contributed by atoms with Crippen LogP contribution in [0.25, 0.3) is 0 Å². The molecule has 0 radical (unpaired) electrons. The molecule has 0 unspecified atom stereocenters. The smallest absolute Gasteiger partial charge is 0.0717 e. The van der Waals surface area contributed by atoms with Gasteiger partial charge in [-0.1, -0.05) is 55.3 Å². The molecule has 29 heavy (non-hydrogen) atoms. The zero-order chi connectivity index (χ0) is 20.3. The molecule has 0 atom stereocenters. The van der Waals surface area contributed by atoms with Gasteiger partial charge in [-0.2, -0.15) is 0 Å². The van der Waals surface area contributed by atoms with Crippen LogP contribution in [-0.2, 0) is 11.3 Å². The fourth-order valence-electron chi connectivity index (χ4n) is 5.62. The molecule has 1 aromatic rings. The summed E-state index contributed by atoms with van der Waals surface area (Å²) in [4.78, 5) is 0. The minimum Gasteiger partial charge on any atom is -0.376 e. The summed E-state index contributed by atoms with van der Waals surface area (Å²) in [7, 11) is 0. The van der Waals surface area contributed by atoms with E-state index >= 15 is 0 Å². The summed E-state index contributed by atoms with van der Waals surface area (Å²) in [5.74, 6) is 3.76. The van der Waals surface area contributed by atoms with Gasteiger partial charge in [0.25, 0.3) is 0 Å². The first-order chi connectivity index (χ1) is 14.3. The maximum atomic E-state index is 5.76. The number of rotatable bonds is 10. The lowest BCUT2D eigenvalue weighted by Crippen LogP contribution is -2.25. The topological polar surface area (TPSA) is 9.23 Å². The van der Waals surface area contributed by atoms with Crippen molar-refractivity contribution in [3.8, 4) is 0 Å². The Kier molecular flexibility index (Phi) is 9.54. The normalized spacial score (nSPS) is 27.9. The number of hydrogen-bond donors (Lipinski definition) is 0. The third kappa shape index (κ3) is 7.14. The molecule has 0 spiro atoms. The Labute approximate surface area is 179 Å². The molecule has 0 heterocycles. The van der Waals surface area contributed by atoms with Crippen LogP contribution in [0.3, 0.4) is 0 Å². The Balaban J connectivity index is 1.37. The molecule has 0 N–H and O–H groups in total. The van der Waals surface area contributed by atoms with E-state index in [0.29, 0.717) is 0 Å². The average Bonchev–Trinajstić information content (AvgIpc) is 2.78. The quantitative estimate of drug-likeness (QED) is 0.287. The Bertz CT molecular complexity index is 598. The molecule has 2 aliphatic carbocycles. The van der Waals surface area contributed by atoms with Crippen molar-refractivity contribution in [3.05, 3.63) is 60.2 Å². The lowest BCUT2D eigenvalue weighted by molar-refractivity contribution is 0.125. The van der Waals surface area contributed by atoms with Gasteiger partial charge in [-0.25, -0.2) is 0 Å². The summed E-state index contributed by atoms with van der Waals surface area (Å²) in [6.07, 6.45) is 21.5. The third-order valence-corrected chi connectivity index (χ3v) is 7.49. The standard InChI is InChI=1S/C28H42O/c1-3-5-7-21-29-22-24-11-15-26(16-12-24)28-19-17-27(18-20-28)25-13-9-23(10-14-25)8-6-4-2/h3-5,11-12,15-16,23,25,27-28H,2,6-10,13-14,17-22H2,1H3/t23-,25-,27?,28?. The van der Waals surface area contributed by atoms with E-state index in [2.05, 4.69) is 56.0 Å². The molecule has 2 aliphatic rings. The van der Waals surface area contributed by atoms with E-state index < -0.39 is 0 Å². The van der Waals surface area contributed by atoms with Gasteiger partial charge < -0.3 is 4.74 Å². The predicted molar refractivity (Wildman–Crippen MR) is 125 cm³/mol. The lowest BCUT2D eigenvalue weighted by Gasteiger charge is -2.38. The minimum absolute atomic E-state index is 0.736. The van der Waals surface area contributed by atoms with Gasteiger partial charge in [-0.05, 0) is 99.5 Å². The molecule has 0 aliphatic heterocycles. The number of hydrogen-bond acceptors (Lipinski definition) is 1. The van der Waals surface area contributed by atoms with Gasteiger partial charge in [-0.15, -0.1) is 6.58 Å². The first kappa shape index (κ1) is 22.3. The average molecular weight is 395 g/mol. The van der Waals surface area contributed by atoms with Crippen molar-refractivity contribution in [2.75, 3.05) is 6.61 Å². The van der Waals surface area contributed by atoms with E-state index in [1.807, 2.05) is 0 Å². The van der Waals surface area contributed by atoms with Gasteiger partial charge in [0.05, 0.1) is 13.2 Å². The Morgan fingerprint density at radius 3 is 2.17 bits per heavy atom. The maximum absolute atomic E-state index is 5.76. The second-order valence-electron chi connectivity index (χ2n) is 9.41. The summed E-state index contributed by atoms with van der Waals surface area (Å²) in [6, 6.07) is 9.28. The van der Waals surface area contributed by atoms with Gasteiger partial charge in [-0.3, -0.25) is 0 Å². The highest BCUT2D eigenvalue weighted by Crippen LogP contribution is 2.44. The van der Waals surface area contributed by atoms with Crippen LogP contribution in [0.4, 0.5) is 0 Å². The number of allylic oxidation sites excluding steroid dienone is 2. The summed E-state index contributed by atoms with van der Waals surface area (Å²) >= 11 is 0. The highest BCUT2D eigenvalue weighted by molar-refractivity contribution is 5.25. The van der Waals surface area contributed by atoms with E-state index in [1.54, 1.807) is 5.56 Å².